The molecule has 0 fully saturated rings. The van der Waals surface area contributed by atoms with E-state index in [0.29, 0.717) is 24.3 Å². The predicted octanol–water partition coefficient (Wildman–Crippen LogP) is 5.23. The molecule has 1 unspecified atom stereocenters. The summed E-state index contributed by atoms with van der Waals surface area (Å²) < 4.78 is 34.7. The minimum absolute atomic E-state index is 0.196. The third kappa shape index (κ3) is 6.76. The number of benzene rings is 2. The Morgan fingerprint density at radius 1 is 1.13 bits per heavy atom. The highest BCUT2D eigenvalue weighted by Gasteiger charge is 2.26. The smallest absolute Gasteiger partial charge is 0.335 e. The van der Waals surface area contributed by atoms with E-state index < -0.39 is 21.2 Å². The molecule has 2 aromatic carbocycles. The zero-order valence-corrected chi connectivity index (χ0v) is 18.8. The van der Waals surface area contributed by atoms with Gasteiger partial charge >= 0.3 is 5.97 Å². The van der Waals surface area contributed by atoms with Crippen molar-refractivity contribution in [3.8, 4) is 5.75 Å². The lowest BCUT2D eigenvalue weighted by Crippen LogP contribution is -2.29. The molecular formula is C23H31NO5S. The van der Waals surface area contributed by atoms with Crippen LogP contribution in [0.1, 0.15) is 61.5 Å². The van der Waals surface area contributed by atoms with E-state index in [0.717, 1.165) is 17.5 Å². The van der Waals surface area contributed by atoms with Crippen LogP contribution >= 0.6 is 0 Å². The zero-order valence-electron chi connectivity index (χ0n) is 18.0. The van der Waals surface area contributed by atoms with Gasteiger partial charge in [0.15, 0.2) is 0 Å². The van der Waals surface area contributed by atoms with Gasteiger partial charge in [0.1, 0.15) is 12.4 Å². The van der Waals surface area contributed by atoms with Gasteiger partial charge in [-0.2, -0.15) is 0 Å². The van der Waals surface area contributed by atoms with Gasteiger partial charge in [-0.25, -0.2) is 13.2 Å². The molecule has 2 N–H and O–H groups in total. The summed E-state index contributed by atoms with van der Waals surface area (Å²) in [6, 6.07) is 11.8. The third-order valence-corrected chi connectivity index (χ3v) is 6.58. The first-order chi connectivity index (χ1) is 14.1. The molecular weight excluding hydrogens is 402 g/mol. The minimum Gasteiger partial charge on any atom is -0.487 e. The number of sulfonamides is 1. The van der Waals surface area contributed by atoms with Crippen LogP contribution in [0.25, 0.3) is 0 Å². The van der Waals surface area contributed by atoms with Gasteiger partial charge in [-0.1, -0.05) is 45.4 Å². The summed E-state index contributed by atoms with van der Waals surface area (Å²) >= 11 is 0. The average Bonchev–Trinajstić information content (AvgIpc) is 2.67. The van der Waals surface area contributed by atoms with Crippen molar-refractivity contribution in [2.75, 3.05) is 4.72 Å². The van der Waals surface area contributed by atoms with E-state index >= 15 is 0 Å². The molecule has 0 aromatic heterocycles. The van der Waals surface area contributed by atoms with Gasteiger partial charge in [-0.15, -0.1) is 0 Å². The third-order valence-electron chi connectivity index (χ3n) is 4.77. The standard InChI is InChI=1S/C23H31NO5S/c1-5-6-20(13-16(2)3)30(27,28)24-21-14-17(4)7-12-22(21)29-15-18-8-10-19(11-9-18)23(25)26/h7-12,14,16,20,24H,5-6,13,15H2,1-4H3,(H,25,26). The molecule has 1 atom stereocenters. The summed E-state index contributed by atoms with van der Waals surface area (Å²) in [7, 11) is -3.57. The van der Waals surface area contributed by atoms with Crippen LogP contribution in [-0.2, 0) is 16.6 Å². The second kappa shape index (κ2) is 10.5. The van der Waals surface area contributed by atoms with E-state index in [2.05, 4.69) is 4.72 Å². The SMILES string of the molecule is CCCC(CC(C)C)S(=O)(=O)Nc1cc(C)ccc1OCc1ccc(C(=O)O)cc1. The van der Waals surface area contributed by atoms with Crippen LogP contribution in [0.5, 0.6) is 5.75 Å². The lowest BCUT2D eigenvalue weighted by Gasteiger charge is -2.21. The second-order valence-electron chi connectivity index (χ2n) is 7.98. The summed E-state index contributed by atoms with van der Waals surface area (Å²) in [5.41, 5.74) is 2.33. The van der Waals surface area contributed by atoms with E-state index in [4.69, 9.17) is 9.84 Å². The molecule has 30 heavy (non-hydrogen) atoms. The number of aromatic carboxylic acids is 1. The van der Waals surface area contributed by atoms with Gasteiger partial charge in [-0.05, 0) is 61.1 Å². The Morgan fingerprint density at radius 3 is 2.37 bits per heavy atom. The highest BCUT2D eigenvalue weighted by Crippen LogP contribution is 2.30. The molecule has 2 rings (SSSR count). The molecule has 0 radical (unpaired) electrons. The maximum atomic E-state index is 13.0. The van der Waals surface area contributed by atoms with E-state index in [1.54, 1.807) is 24.3 Å². The van der Waals surface area contributed by atoms with Crippen LogP contribution in [-0.4, -0.2) is 24.7 Å². The fourth-order valence-electron chi connectivity index (χ4n) is 3.24. The molecule has 0 aliphatic carbocycles. The average molecular weight is 434 g/mol. The Bertz CT molecular complexity index is 952. The van der Waals surface area contributed by atoms with E-state index in [1.165, 1.54) is 12.1 Å². The van der Waals surface area contributed by atoms with Gasteiger partial charge in [0, 0.05) is 0 Å². The maximum absolute atomic E-state index is 13.0. The molecule has 0 heterocycles. The first kappa shape index (κ1) is 23.7. The minimum atomic E-state index is -3.57. The van der Waals surface area contributed by atoms with E-state index in [-0.39, 0.29) is 18.1 Å². The molecule has 7 heteroatoms. The maximum Gasteiger partial charge on any atom is 0.335 e. The van der Waals surface area contributed by atoms with Gasteiger partial charge in [0.25, 0.3) is 0 Å². The van der Waals surface area contributed by atoms with Crippen molar-refractivity contribution in [3.05, 3.63) is 59.2 Å². The van der Waals surface area contributed by atoms with E-state index in [9.17, 15) is 13.2 Å². The van der Waals surface area contributed by atoms with Gasteiger partial charge in [-0.3, -0.25) is 4.72 Å². The number of carbonyl (C=O) groups is 1. The number of carboxylic acids is 1. The summed E-state index contributed by atoms with van der Waals surface area (Å²) in [6.07, 6.45) is 1.99. The molecule has 6 nitrogen and oxygen atoms in total. The Kier molecular flexibility index (Phi) is 8.29. The zero-order chi connectivity index (χ0) is 22.3. The molecule has 0 aliphatic rings. The summed E-state index contributed by atoms with van der Waals surface area (Å²) in [4.78, 5) is 11.0. The van der Waals surface area contributed by atoms with Crippen LogP contribution in [0.15, 0.2) is 42.5 Å². The molecule has 2 aromatic rings. The van der Waals surface area contributed by atoms with Crippen molar-refractivity contribution < 1.29 is 23.1 Å². The largest absolute Gasteiger partial charge is 0.487 e. The monoisotopic (exact) mass is 433 g/mol. The predicted molar refractivity (Wildman–Crippen MR) is 120 cm³/mol. The number of carboxylic acid groups (broad SMARTS) is 1. The molecule has 0 saturated carbocycles. The lowest BCUT2D eigenvalue weighted by atomic mass is 10.1. The lowest BCUT2D eigenvalue weighted by molar-refractivity contribution is 0.0697. The first-order valence-corrected chi connectivity index (χ1v) is 11.7. The highest BCUT2D eigenvalue weighted by molar-refractivity contribution is 7.93. The number of rotatable bonds is 11. The van der Waals surface area contributed by atoms with Crippen molar-refractivity contribution in [1.29, 1.82) is 0 Å². The Hall–Kier alpha value is -2.54. The van der Waals surface area contributed by atoms with Crippen molar-refractivity contribution in [2.45, 2.75) is 58.8 Å². The number of hydrogen-bond acceptors (Lipinski definition) is 4. The second-order valence-corrected chi connectivity index (χ2v) is 9.94. The molecule has 0 saturated heterocycles. The quantitative estimate of drug-likeness (QED) is 0.506. The van der Waals surface area contributed by atoms with Gasteiger partial charge in [0.05, 0.1) is 16.5 Å². The fourth-order valence-corrected chi connectivity index (χ4v) is 5.06. The van der Waals surface area contributed by atoms with Crippen molar-refractivity contribution in [2.24, 2.45) is 5.92 Å². The van der Waals surface area contributed by atoms with Crippen LogP contribution in [0.3, 0.4) is 0 Å². The molecule has 0 amide bonds. The highest BCUT2D eigenvalue weighted by atomic mass is 32.2. The Morgan fingerprint density at radius 2 is 1.80 bits per heavy atom. The van der Waals surface area contributed by atoms with Gasteiger partial charge < -0.3 is 9.84 Å². The topological polar surface area (TPSA) is 92.7 Å². The molecule has 0 spiro atoms. The number of ether oxygens (including phenoxy) is 1. The number of hydrogen-bond donors (Lipinski definition) is 2. The van der Waals surface area contributed by atoms with Gasteiger partial charge in [0.2, 0.25) is 10.0 Å². The summed E-state index contributed by atoms with van der Waals surface area (Å²) in [6.45, 7) is 8.12. The first-order valence-electron chi connectivity index (χ1n) is 10.2. The molecule has 0 bridgehead atoms. The Balaban J connectivity index is 2.20. The Labute approximate surface area is 179 Å². The fraction of sp³-hybridized carbons (Fsp3) is 0.435. The number of aryl methyl sites for hydroxylation is 1. The van der Waals surface area contributed by atoms with Crippen molar-refractivity contribution in [3.63, 3.8) is 0 Å². The molecule has 164 valence electrons. The van der Waals surface area contributed by atoms with Crippen LogP contribution in [0.2, 0.25) is 0 Å². The van der Waals surface area contributed by atoms with E-state index in [1.807, 2.05) is 33.8 Å². The summed E-state index contributed by atoms with van der Waals surface area (Å²) in [5.74, 6) is -0.271. The number of nitrogens with one attached hydrogen (secondary N) is 1. The van der Waals surface area contributed by atoms with Crippen LogP contribution in [0, 0.1) is 12.8 Å². The van der Waals surface area contributed by atoms with Crippen molar-refractivity contribution in [1.82, 2.24) is 0 Å². The molecule has 0 aliphatic heterocycles. The number of anilines is 1. The van der Waals surface area contributed by atoms with Crippen molar-refractivity contribution >= 4 is 21.7 Å². The summed E-state index contributed by atoms with van der Waals surface area (Å²) in [5, 5.41) is 8.54. The van der Waals surface area contributed by atoms with Crippen LogP contribution in [0.4, 0.5) is 5.69 Å². The van der Waals surface area contributed by atoms with Crippen LogP contribution < -0.4 is 9.46 Å². The normalized spacial score (nSPS) is 12.6.